The Labute approximate surface area is 127 Å². The smallest absolute Gasteiger partial charge is 0.255 e. The Kier molecular flexibility index (Phi) is 3.92. The van der Waals surface area contributed by atoms with Crippen molar-refractivity contribution in [3.63, 3.8) is 0 Å². The predicted molar refractivity (Wildman–Crippen MR) is 77.8 cm³/mol. The van der Waals surface area contributed by atoms with Crippen molar-refractivity contribution in [3.05, 3.63) is 53.3 Å². The summed E-state index contributed by atoms with van der Waals surface area (Å²) in [4.78, 5) is 18.4. The summed E-state index contributed by atoms with van der Waals surface area (Å²) in [6, 6.07) is 4.10. The van der Waals surface area contributed by atoms with Crippen molar-refractivity contribution in [2.45, 2.75) is 18.9 Å². The molecule has 3 rings (SSSR count). The van der Waals surface area contributed by atoms with E-state index in [1.54, 1.807) is 17.4 Å². The van der Waals surface area contributed by atoms with Crippen molar-refractivity contribution in [2.24, 2.45) is 0 Å². The maximum absolute atomic E-state index is 13.1. The van der Waals surface area contributed by atoms with E-state index in [0.717, 1.165) is 12.8 Å². The molecule has 0 unspecified atom stereocenters. The second-order valence-electron chi connectivity index (χ2n) is 5.18. The van der Waals surface area contributed by atoms with Crippen LogP contribution in [0.2, 0.25) is 5.02 Å². The lowest BCUT2D eigenvalue weighted by Crippen LogP contribution is -2.40. The van der Waals surface area contributed by atoms with E-state index in [4.69, 9.17) is 11.6 Å². The fraction of sp³-hybridized carbons (Fsp3) is 0.333. The molecule has 6 heteroatoms. The molecule has 4 nitrogen and oxygen atoms in total. The molecule has 1 fully saturated rings. The molecule has 1 aliphatic heterocycles. The zero-order valence-corrected chi connectivity index (χ0v) is 12.1. The van der Waals surface area contributed by atoms with Crippen LogP contribution < -0.4 is 0 Å². The van der Waals surface area contributed by atoms with Crippen LogP contribution >= 0.6 is 11.6 Å². The number of benzene rings is 1. The van der Waals surface area contributed by atoms with E-state index >= 15 is 0 Å². The number of carbonyl (C=O) groups excluding carboxylic acids is 1. The number of piperidine rings is 1. The SMILES string of the molecule is O=C(c1ccc(F)cc1Cl)N1CCC[C@H](n2ccnc2)C1. The highest BCUT2D eigenvalue weighted by atomic mass is 35.5. The Morgan fingerprint density at radius 2 is 2.29 bits per heavy atom. The van der Waals surface area contributed by atoms with Crippen LogP contribution in [-0.2, 0) is 0 Å². The second-order valence-corrected chi connectivity index (χ2v) is 5.59. The first-order valence-corrected chi connectivity index (χ1v) is 7.24. The van der Waals surface area contributed by atoms with Crippen LogP contribution in [0.3, 0.4) is 0 Å². The van der Waals surface area contributed by atoms with Gasteiger partial charge in [-0.05, 0) is 31.0 Å². The molecule has 1 aliphatic rings. The fourth-order valence-corrected chi connectivity index (χ4v) is 2.95. The number of aromatic nitrogens is 2. The van der Waals surface area contributed by atoms with Gasteiger partial charge in [-0.2, -0.15) is 0 Å². The van der Waals surface area contributed by atoms with Crippen LogP contribution in [0.25, 0.3) is 0 Å². The van der Waals surface area contributed by atoms with Gasteiger partial charge in [0.25, 0.3) is 5.91 Å². The average Bonchev–Trinajstić information content (AvgIpc) is 3.01. The van der Waals surface area contributed by atoms with Crippen LogP contribution in [0.4, 0.5) is 4.39 Å². The van der Waals surface area contributed by atoms with E-state index in [9.17, 15) is 9.18 Å². The van der Waals surface area contributed by atoms with Gasteiger partial charge in [0.05, 0.1) is 23.0 Å². The molecule has 21 heavy (non-hydrogen) atoms. The summed E-state index contributed by atoms with van der Waals surface area (Å²) in [5, 5.41) is 0.157. The first-order chi connectivity index (χ1) is 10.1. The van der Waals surface area contributed by atoms with E-state index in [-0.39, 0.29) is 17.0 Å². The largest absolute Gasteiger partial charge is 0.337 e. The summed E-state index contributed by atoms with van der Waals surface area (Å²) in [7, 11) is 0. The zero-order valence-electron chi connectivity index (χ0n) is 11.4. The van der Waals surface area contributed by atoms with E-state index < -0.39 is 5.82 Å². The van der Waals surface area contributed by atoms with Gasteiger partial charge in [0.15, 0.2) is 0 Å². The first kappa shape index (κ1) is 14.1. The quantitative estimate of drug-likeness (QED) is 0.855. The molecule has 1 aromatic carbocycles. The number of amides is 1. The number of hydrogen-bond donors (Lipinski definition) is 0. The molecule has 1 atom stereocenters. The molecule has 0 spiro atoms. The lowest BCUT2D eigenvalue weighted by atomic mass is 10.0. The highest BCUT2D eigenvalue weighted by Gasteiger charge is 2.26. The van der Waals surface area contributed by atoms with Gasteiger partial charge < -0.3 is 9.47 Å². The highest BCUT2D eigenvalue weighted by molar-refractivity contribution is 6.33. The number of halogens is 2. The molecule has 2 aromatic rings. The summed E-state index contributed by atoms with van der Waals surface area (Å²) < 4.78 is 15.1. The summed E-state index contributed by atoms with van der Waals surface area (Å²) in [5.41, 5.74) is 0.351. The minimum Gasteiger partial charge on any atom is -0.337 e. The molecule has 2 heterocycles. The lowest BCUT2D eigenvalue weighted by Gasteiger charge is -2.33. The molecule has 1 aromatic heterocycles. The van der Waals surface area contributed by atoms with Gasteiger partial charge >= 0.3 is 0 Å². The number of carbonyl (C=O) groups is 1. The van der Waals surface area contributed by atoms with Gasteiger partial charge in [-0.3, -0.25) is 4.79 Å². The van der Waals surface area contributed by atoms with Crippen LogP contribution in [0.1, 0.15) is 29.2 Å². The fourth-order valence-electron chi connectivity index (χ4n) is 2.70. The number of hydrogen-bond acceptors (Lipinski definition) is 2. The van der Waals surface area contributed by atoms with E-state index in [1.165, 1.54) is 18.2 Å². The van der Waals surface area contributed by atoms with Gasteiger partial charge in [0.2, 0.25) is 0 Å². The maximum Gasteiger partial charge on any atom is 0.255 e. The number of imidazole rings is 1. The van der Waals surface area contributed by atoms with Crippen molar-refractivity contribution >= 4 is 17.5 Å². The van der Waals surface area contributed by atoms with Gasteiger partial charge in [-0.25, -0.2) is 9.37 Å². The molecular weight excluding hydrogens is 293 g/mol. The van der Waals surface area contributed by atoms with Crippen molar-refractivity contribution < 1.29 is 9.18 Å². The van der Waals surface area contributed by atoms with Crippen LogP contribution in [-0.4, -0.2) is 33.4 Å². The molecule has 0 aliphatic carbocycles. The van der Waals surface area contributed by atoms with Crippen molar-refractivity contribution in [1.82, 2.24) is 14.5 Å². The topological polar surface area (TPSA) is 38.1 Å². The Morgan fingerprint density at radius 1 is 1.43 bits per heavy atom. The third-order valence-corrected chi connectivity index (χ3v) is 4.10. The predicted octanol–water partition coefficient (Wildman–Crippen LogP) is 3.15. The van der Waals surface area contributed by atoms with Crippen molar-refractivity contribution in [2.75, 3.05) is 13.1 Å². The van der Waals surface area contributed by atoms with E-state index in [2.05, 4.69) is 4.98 Å². The number of nitrogens with zero attached hydrogens (tertiary/aromatic N) is 3. The first-order valence-electron chi connectivity index (χ1n) is 6.87. The standard InChI is InChI=1S/C15H15ClFN3O/c16-14-8-11(17)3-4-13(14)15(21)19-6-1-2-12(9-19)20-7-5-18-10-20/h3-5,7-8,10,12H,1-2,6,9H2/t12-/m0/s1. The molecule has 1 amide bonds. The van der Waals surface area contributed by atoms with Gasteiger partial charge in [0, 0.05) is 25.5 Å². The minimum absolute atomic E-state index is 0.148. The summed E-state index contributed by atoms with van der Waals surface area (Å²) >= 11 is 5.98. The van der Waals surface area contributed by atoms with Crippen molar-refractivity contribution in [1.29, 1.82) is 0 Å². The van der Waals surface area contributed by atoms with E-state index in [1.807, 2.05) is 10.8 Å². The summed E-state index contributed by atoms with van der Waals surface area (Å²) in [6.45, 7) is 1.31. The molecule has 1 saturated heterocycles. The molecule has 0 radical (unpaired) electrons. The molecule has 0 saturated carbocycles. The van der Waals surface area contributed by atoms with Gasteiger partial charge in [-0.1, -0.05) is 11.6 Å². The van der Waals surface area contributed by atoms with E-state index in [0.29, 0.717) is 18.7 Å². The Morgan fingerprint density at radius 3 is 3.00 bits per heavy atom. The number of likely N-dealkylation sites (tertiary alicyclic amines) is 1. The minimum atomic E-state index is -0.438. The van der Waals surface area contributed by atoms with Crippen LogP contribution in [0.5, 0.6) is 0 Å². The average molecular weight is 308 g/mol. The van der Waals surface area contributed by atoms with Crippen LogP contribution in [0, 0.1) is 5.82 Å². The summed E-state index contributed by atoms with van der Waals surface area (Å²) in [5.74, 6) is -0.587. The normalized spacial score (nSPS) is 18.8. The Bertz CT molecular complexity index is 644. The number of rotatable bonds is 2. The maximum atomic E-state index is 13.1. The van der Waals surface area contributed by atoms with Gasteiger partial charge in [0.1, 0.15) is 5.82 Å². The Balaban J connectivity index is 1.78. The highest BCUT2D eigenvalue weighted by Crippen LogP contribution is 2.25. The zero-order chi connectivity index (χ0) is 14.8. The third kappa shape index (κ3) is 2.93. The van der Waals surface area contributed by atoms with Crippen molar-refractivity contribution in [3.8, 4) is 0 Å². The Hall–Kier alpha value is -1.88. The second kappa shape index (κ2) is 5.85. The van der Waals surface area contributed by atoms with Gasteiger partial charge in [-0.15, -0.1) is 0 Å². The molecular formula is C15H15ClFN3O. The van der Waals surface area contributed by atoms with Crippen LogP contribution in [0.15, 0.2) is 36.9 Å². The molecule has 110 valence electrons. The third-order valence-electron chi connectivity index (χ3n) is 3.79. The summed E-state index contributed by atoms with van der Waals surface area (Å²) in [6.07, 6.45) is 7.34. The molecule has 0 N–H and O–H groups in total. The lowest BCUT2D eigenvalue weighted by molar-refractivity contribution is 0.0679. The molecule has 0 bridgehead atoms. The monoisotopic (exact) mass is 307 g/mol.